The number of aliphatic hydroxyl groups is 1. The van der Waals surface area contributed by atoms with Crippen LogP contribution in [0.1, 0.15) is 19.3 Å². The Labute approximate surface area is 82.8 Å². The Morgan fingerprint density at radius 2 is 2.43 bits per heavy atom. The number of hydrogen-bond donors (Lipinski definition) is 1. The van der Waals surface area contributed by atoms with Crippen molar-refractivity contribution >= 4 is 5.97 Å². The van der Waals surface area contributed by atoms with E-state index in [4.69, 9.17) is 4.74 Å². The Morgan fingerprint density at radius 3 is 3.14 bits per heavy atom. The first kappa shape index (κ1) is 8.48. The molecule has 1 heterocycles. The number of esters is 1. The Hall–Kier alpha value is -0.830. The summed E-state index contributed by atoms with van der Waals surface area (Å²) in [7, 11) is 0. The second-order valence-electron chi connectivity index (χ2n) is 4.73. The first-order valence-corrected chi connectivity index (χ1v) is 5.22. The molecule has 0 aromatic carbocycles. The highest BCUT2D eigenvalue weighted by molar-refractivity contribution is 5.83. The minimum atomic E-state index is -0.723. The van der Waals surface area contributed by atoms with Gasteiger partial charge in [-0.05, 0) is 25.2 Å². The molecule has 2 saturated carbocycles. The van der Waals surface area contributed by atoms with Crippen molar-refractivity contribution in [1.82, 2.24) is 0 Å². The molecular formula is C11H14O3. The quantitative estimate of drug-likeness (QED) is 0.524. The summed E-state index contributed by atoms with van der Waals surface area (Å²) in [5, 5.41) is 9.85. The summed E-state index contributed by atoms with van der Waals surface area (Å²) in [5.74, 6) is 0.667. The molecule has 0 radical (unpaired) electrons. The van der Waals surface area contributed by atoms with Gasteiger partial charge in [0.15, 0.2) is 0 Å². The summed E-state index contributed by atoms with van der Waals surface area (Å²) in [6.07, 6.45) is 3.74. The molecule has 3 nitrogen and oxygen atoms in total. The van der Waals surface area contributed by atoms with E-state index in [0.717, 1.165) is 19.3 Å². The maximum Gasteiger partial charge on any atom is 0.315 e. The van der Waals surface area contributed by atoms with Gasteiger partial charge >= 0.3 is 5.97 Å². The van der Waals surface area contributed by atoms with Gasteiger partial charge in [0.2, 0.25) is 0 Å². The van der Waals surface area contributed by atoms with E-state index in [1.807, 2.05) is 0 Å². The van der Waals surface area contributed by atoms with Crippen LogP contribution in [0.5, 0.6) is 0 Å². The molecule has 3 fully saturated rings. The van der Waals surface area contributed by atoms with E-state index in [1.54, 1.807) is 0 Å². The van der Waals surface area contributed by atoms with Crippen LogP contribution in [0.25, 0.3) is 0 Å². The van der Waals surface area contributed by atoms with Crippen LogP contribution >= 0.6 is 0 Å². The van der Waals surface area contributed by atoms with Crippen molar-refractivity contribution in [2.45, 2.75) is 31.5 Å². The average Bonchev–Trinajstić information content (AvgIpc) is 2.52. The van der Waals surface area contributed by atoms with Crippen LogP contribution in [-0.4, -0.2) is 23.3 Å². The molecule has 0 bridgehead atoms. The summed E-state index contributed by atoms with van der Waals surface area (Å²) in [4.78, 5) is 11.7. The van der Waals surface area contributed by atoms with E-state index in [2.05, 4.69) is 6.58 Å². The number of carbonyl (C=O) groups excluding carboxylic acids is 1. The monoisotopic (exact) mass is 194 g/mol. The molecule has 1 aliphatic heterocycles. The van der Waals surface area contributed by atoms with Crippen LogP contribution in [0, 0.1) is 17.3 Å². The zero-order chi connectivity index (χ0) is 9.92. The van der Waals surface area contributed by atoms with Crippen molar-refractivity contribution in [3.05, 3.63) is 12.7 Å². The van der Waals surface area contributed by atoms with E-state index in [0.29, 0.717) is 5.92 Å². The van der Waals surface area contributed by atoms with Gasteiger partial charge in [-0.2, -0.15) is 0 Å². The first-order chi connectivity index (χ1) is 6.70. The summed E-state index contributed by atoms with van der Waals surface area (Å²) in [6.45, 7) is 3.57. The fraction of sp³-hybridized carbons (Fsp3) is 0.727. The van der Waals surface area contributed by atoms with Crippen molar-refractivity contribution < 1.29 is 14.6 Å². The highest BCUT2D eigenvalue weighted by Gasteiger charge is 2.72. The van der Waals surface area contributed by atoms with Gasteiger partial charge in [-0.15, -0.1) is 6.58 Å². The molecule has 76 valence electrons. The molecule has 0 spiro atoms. The molecule has 0 unspecified atom stereocenters. The van der Waals surface area contributed by atoms with Crippen LogP contribution in [-0.2, 0) is 9.53 Å². The van der Waals surface area contributed by atoms with Crippen molar-refractivity contribution in [2.24, 2.45) is 17.3 Å². The van der Waals surface area contributed by atoms with Gasteiger partial charge in [0.1, 0.15) is 11.5 Å². The standard InChI is InChI=1S/C11H14O3/c1-2-8(12)11-5-6-3-4-7(9(6)11)14-10(11)13/h2,6-9,12H,1,3-5H2/t6-,7-,8+,9+,11-/m0/s1. The topological polar surface area (TPSA) is 46.5 Å². The highest BCUT2D eigenvalue weighted by atomic mass is 16.6. The Bertz CT molecular complexity index is 312. The Kier molecular flexibility index (Phi) is 1.45. The van der Waals surface area contributed by atoms with Crippen molar-refractivity contribution in [3.63, 3.8) is 0 Å². The highest BCUT2D eigenvalue weighted by Crippen LogP contribution is 2.65. The van der Waals surface area contributed by atoms with Gasteiger partial charge in [-0.25, -0.2) is 0 Å². The van der Waals surface area contributed by atoms with Crippen molar-refractivity contribution in [1.29, 1.82) is 0 Å². The van der Waals surface area contributed by atoms with E-state index in [1.165, 1.54) is 6.08 Å². The molecule has 0 amide bonds. The lowest BCUT2D eigenvalue weighted by molar-refractivity contribution is -0.162. The minimum absolute atomic E-state index is 0.0795. The maximum atomic E-state index is 11.7. The molecule has 1 N–H and O–H groups in total. The lowest BCUT2D eigenvalue weighted by atomic mass is 9.53. The molecule has 3 heteroatoms. The Morgan fingerprint density at radius 1 is 1.64 bits per heavy atom. The number of aliphatic hydroxyl groups excluding tert-OH is 1. The smallest absolute Gasteiger partial charge is 0.315 e. The zero-order valence-electron chi connectivity index (χ0n) is 7.98. The third kappa shape index (κ3) is 0.682. The predicted molar refractivity (Wildman–Crippen MR) is 49.3 cm³/mol. The second kappa shape index (κ2) is 2.40. The number of hydrogen-bond acceptors (Lipinski definition) is 3. The van der Waals surface area contributed by atoms with Gasteiger partial charge in [0.25, 0.3) is 0 Å². The van der Waals surface area contributed by atoms with Gasteiger partial charge in [0, 0.05) is 5.92 Å². The van der Waals surface area contributed by atoms with Gasteiger partial charge < -0.3 is 9.84 Å². The first-order valence-electron chi connectivity index (χ1n) is 5.22. The molecule has 3 rings (SSSR count). The molecule has 3 aliphatic rings. The third-order valence-electron chi connectivity index (χ3n) is 4.31. The second-order valence-corrected chi connectivity index (χ2v) is 4.73. The van der Waals surface area contributed by atoms with Gasteiger partial charge in [0.05, 0.1) is 6.10 Å². The minimum Gasteiger partial charge on any atom is -0.462 e. The Balaban J connectivity index is 2.00. The summed E-state index contributed by atoms with van der Waals surface area (Å²) in [5.41, 5.74) is -0.617. The fourth-order valence-electron chi connectivity index (χ4n) is 3.68. The maximum absolute atomic E-state index is 11.7. The number of rotatable bonds is 2. The van der Waals surface area contributed by atoms with Crippen LogP contribution in [0.3, 0.4) is 0 Å². The average molecular weight is 194 g/mol. The van der Waals surface area contributed by atoms with Gasteiger partial charge in [-0.3, -0.25) is 4.79 Å². The summed E-state index contributed by atoms with van der Waals surface area (Å²) in [6, 6.07) is 0. The molecule has 14 heavy (non-hydrogen) atoms. The number of carbonyl (C=O) groups is 1. The zero-order valence-corrected chi connectivity index (χ0v) is 7.98. The van der Waals surface area contributed by atoms with Crippen molar-refractivity contribution in [2.75, 3.05) is 0 Å². The molecule has 1 saturated heterocycles. The predicted octanol–water partition coefficient (Wildman–Crippen LogP) is 0.875. The largest absolute Gasteiger partial charge is 0.462 e. The fourth-order valence-corrected chi connectivity index (χ4v) is 3.68. The molecule has 2 aliphatic carbocycles. The number of ether oxygens (including phenoxy) is 1. The molecule has 0 aromatic rings. The van der Waals surface area contributed by atoms with Crippen LogP contribution in [0.15, 0.2) is 12.7 Å². The van der Waals surface area contributed by atoms with Crippen LogP contribution < -0.4 is 0 Å². The van der Waals surface area contributed by atoms with Crippen molar-refractivity contribution in [3.8, 4) is 0 Å². The molecule has 5 atom stereocenters. The normalized spacial score (nSPS) is 50.6. The SMILES string of the molecule is C=C[C@@H](O)[C@]12C[C@@H]3CC[C@H](OC1=O)[C@@H]32. The third-order valence-corrected chi connectivity index (χ3v) is 4.31. The van der Waals surface area contributed by atoms with Gasteiger partial charge in [-0.1, -0.05) is 6.08 Å². The summed E-state index contributed by atoms with van der Waals surface area (Å²) >= 11 is 0. The van der Waals surface area contributed by atoms with Crippen LogP contribution in [0.4, 0.5) is 0 Å². The molecular weight excluding hydrogens is 180 g/mol. The lowest BCUT2D eigenvalue weighted by Crippen LogP contribution is -2.55. The van der Waals surface area contributed by atoms with E-state index in [-0.39, 0.29) is 18.0 Å². The van der Waals surface area contributed by atoms with E-state index < -0.39 is 11.5 Å². The molecule has 0 aromatic heterocycles. The van der Waals surface area contributed by atoms with E-state index in [9.17, 15) is 9.90 Å². The van der Waals surface area contributed by atoms with E-state index >= 15 is 0 Å². The lowest BCUT2D eigenvalue weighted by Gasteiger charge is -2.47. The summed E-state index contributed by atoms with van der Waals surface area (Å²) < 4.78 is 5.32. The van der Waals surface area contributed by atoms with Crippen LogP contribution in [0.2, 0.25) is 0 Å².